The summed E-state index contributed by atoms with van der Waals surface area (Å²) in [5, 5.41) is 3.09. The van der Waals surface area contributed by atoms with Crippen LogP contribution in [-0.4, -0.2) is 20.1 Å². The maximum atomic E-state index is 12.2. The summed E-state index contributed by atoms with van der Waals surface area (Å²) < 4.78 is 24.4. The van der Waals surface area contributed by atoms with Crippen molar-refractivity contribution in [3.05, 3.63) is 58.6 Å². The van der Waals surface area contributed by atoms with Crippen molar-refractivity contribution in [1.82, 2.24) is 0 Å². The van der Waals surface area contributed by atoms with Gasteiger partial charge in [0.15, 0.2) is 9.84 Å². The van der Waals surface area contributed by atoms with Gasteiger partial charge in [0, 0.05) is 10.7 Å². The van der Waals surface area contributed by atoms with Crippen molar-refractivity contribution in [3.8, 4) is 0 Å². The number of halogens is 1. The molecule has 0 aliphatic heterocycles. The highest BCUT2D eigenvalue weighted by Gasteiger charge is 2.19. The highest BCUT2D eigenvalue weighted by Crippen LogP contribution is 2.18. The van der Waals surface area contributed by atoms with Gasteiger partial charge in [-0.15, -0.1) is 0 Å². The maximum absolute atomic E-state index is 12.2. The molecule has 2 aromatic rings. The van der Waals surface area contributed by atoms with Gasteiger partial charge in [0.1, 0.15) is 5.75 Å². The molecule has 0 saturated carbocycles. The molecule has 1 N–H and O–H groups in total. The molecule has 0 aliphatic carbocycles. The Hall–Kier alpha value is -1.85. The highest BCUT2D eigenvalue weighted by atomic mass is 35.5. The van der Waals surface area contributed by atoms with Crippen LogP contribution >= 0.6 is 11.6 Å². The number of benzene rings is 2. The Bertz CT molecular complexity index is 799. The van der Waals surface area contributed by atoms with E-state index < -0.39 is 21.5 Å². The molecule has 0 unspecified atom stereocenters. The number of anilines is 1. The van der Waals surface area contributed by atoms with E-state index >= 15 is 0 Å². The Morgan fingerprint density at radius 2 is 1.73 bits per heavy atom. The van der Waals surface area contributed by atoms with Crippen molar-refractivity contribution >= 4 is 33.0 Å². The van der Waals surface area contributed by atoms with Gasteiger partial charge in [0.2, 0.25) is 5.91 Å². The molecule has 22 heavy (non-hydrogen) atoms. The summed E-state index contributed by atoms with van der Waals surface area (Å²) >= 11 is 5.73. The van der Waals surface area contributed by atoms with Crippen molar-refractivity contribution in [1.29, 1.82) is 0 Å². The van der Waals surface area contributed by atoms with Crippen LogP contribution in [-0.2, 0) is 14.6 Å². The fourth-order valence-corrected chi connectivity index (χ4v) is 3.22. The summed E-state index contributed by atoms with van der Waals surface area (Å²) in [7, 11) is -3.69. The van der Waals surface area contributed by atoms with Gasteiger partial charge in [-0.2, -0.15) is 0 Å². The molecule has 0 bridgehead atoms. The molecule has 0 atom stereocenters. The van der Waals surface area contributed by atoms with Crippen LogP contribution in [0.5, 0.6) is 0 Å². The Morgan fingerprint density at radius 3 is 2.36 bits per heavy atom. The lowest BCUT2D eigenvalue weighted by molar-refractivity contribution is -0.113. The molecular formula is C16H16ClNO3S. The summed E-state index contributed by atoms with van der Waals surface area (Å²) in [5.41, 5.74) is 2.49. The van der Waals surface area contributed by atoms with Crippen LogP contribution < -0.4 is 5.32 Å². The van der Waals surface area contributed by atoms with Gasteiger partial charge in [-0.05, 0) is 55.3 Å². The molecule has 0 saturated heterocycles. The fraction of sp³-hybridized carbons (Fsp3) is 0.188. The number of sulfone groups is 1. The lowest BCUT2D eigenvalue weighted by Gasteiger charge is -2.10. The van der Waals surface area contributed by atoms with Gasteiger partial charge in [0.05, 0.1) is 4.90 Å². The topological polar surface area (TPSA) is 63.2 Å². The minimum absolute atomic E-state index is 0.0769. The second kappa shape index (κ2) is 6.50. The van der Waals surface area contributed by atoms with E-state index in [0.717, 1.165) is 11.1 Å². The van der Waals surface area contributed by atoms with Crippen LogP contribution in [0.3, 0.4) is 0 Å². The summed E-state index contributed by atoms with van der Waals surface area (Å²) in [6, 6.07) is 11.4. The van der Waals surface area contributed by atoms with E-state index in [-0.39, 0.29) is 4.90 Å². The first-order valence-corrected chi connectivity index (χ1v) is 8.66. The van der Waals surface area contributed by atoms with Gasteiger partial charge < -0.3 is 5.32 Å². The van der Waals surface area contributed by atoms with E-state index in [4.69, 9.17) is 11.6 Å². The van der Waals surface area contributed by atoms with Crippen molar-refractivity contribution in [2.75, 3.05) is 11.1 Å². The third kappa shape index (κ3) is 4.08. The van der Waals surface area contributed by atoms with Crippen LogP contribution in [0.4, 0.5) is 5.69 Å². The fourth-order valence-electron chi connectivity index (χ4n) is 1.95. The van der Waals surface area contributed by atoms with Crippen molar-refractivity contribution in [3.63, 3.8) is 0 Å². The maximum Gasteiger partial charge on any atom is 0.239 e. The van der Waals surface area contributed by atoms with Gasteiger partial charge in [-0.3, -0.25) is 4.79 Å². The molecule has 0 fully saturated rings. The van der Waals surface area contributed by atoms with E-state index in [2.05, 4.69) is 5.32 Å². The zero-order chi connectivity index (χ0) is 16.3. The number of amides is 1. The van der Waals surface area contributed by atoms with Crippen molar-refractivity contribution in [2.45, 2.75) is 18.7 Å². The minimum atomic E-state index is -3.69. The molecular weight excluding hydrogens is 322 g/mol. The second-order valence-electron chi connectivity index (χ2n) is 5.08. The average Bonchev–Trinajstić information content (AvgIpc) is 2.42. The van der Waals surface area contributed by atoms with Crippen LogP contribution in [0, 0.1) is 13.8 Å². The van der Waals surface area contributed by atoms with E-state index in [1.54, 1.807) is 0 Å². The Labute approximate surface area is 135 Å². The van der Waals surface area contributed by atoms with Gasteiger partial charge >= 0.3 is 0 Å². The molecule has 0 aliphatic rings. The monoisotopic (exact) mass is 337 g/mol. The molecule has 2 rings (SSSR count). The summed E-state index contributed by atoms with van der Waals surface area (Å²) in [6.07, 6.45) is 0. The summed E-state index contributed by atoms with van der Waals surface area (Å²) in [4.78, 5) is 12.1. The van der Waals surface area contributed by atoms with E-state index in [9.17, 15) is 13.2 Å². The van der Waals surface area contributed by atoms with Crippen molar-refractivity contribution in [2.24, 2.45) is 0 Å². The quantitative estimate of drug-likeness (QED) is 0.930. The van der Waals surface area contributed by atoms with E-state index in [1.165, 1.54) is 24.3 Å². The molecule has 4 nitrogen and oxygen atoms in total. The van der Waals surface area contributed by atoms with Crippen LogP contribution in [0.1, 0.15) is 11.1 Å². The molecule has 116 valence electrons. The Morgan fingerprint density at radius 1 is 1.09 bits per heavy atom. The molecule has 0 spiro atoms. The number of hydrogen-bond acceptors (Lipinski definition) is 3. The zero-order valence-electron chi connectivity index (χ0n) is 12.3. The van der Waals surface area contributed by atoms with Crippen molar-refractivity contribution < 1.29 is 13.2 Å². The second-order valence-corrected chi connectivity index (χ2v) is 7.51. The summed E-state index contributed by atoms with van der Waals surface area (Å²) in [5.74, 6) is -1.18. The van der Waals surface area contributed by atoms with Gasteiger partial charge in [0.25, 0.3) is 0 Å². The molecule has 0 aromatic heterocycles. The van der Waals surface area contributed by atoms with Gasteiger partial charge in [-0.1, -0.05) is 23.7 Å². The van der Waals surface area contributed by atoms with Gasteiger partial charge in [-0.25, -0.2) is 8.42 Å². The first-order valence-electron chi connectivity index (χ1n) is 6.63. The summed E-state index contributed by atoms with van der Waals surface area (Å²) in [6.45, 7) is 3.75. The first-order chi connectivity index (χ1) is 10.3. The molecule has 6 heteroatoms. The third-order valence-electron chi connectivity index (χ3n) is 3.16. The largest absolute Gasteiger partial charge is 0.325 e. The van der Waals surface area contributed by atoms with Crippen LogP contribution in [0.15, 0.2) is 47.4 Å². The number of rotatable bonds is 4. The predicted octanol–water partition coefficient (Wildman–Crippen LogP) is 3.37. The predicted molar refractivity (Wildman–Crippen MR) is 88.1 cm³/mol. The SMILES string of the molecule is Cc1ccc(C)c(NC(=O)CS(=O)(=O)c2ccc(Cl)cc2)c1. The highest BCUT2D eigenvalue weighted by molar-refractivity contribution is 7.92. The first kappa shape index (κ1) is 16.5. The number of carbonyl (C=O) groups is 1. The normalized spacial score (nSPS) is 11.2. The molecule has 2 aromatic carbocycles. The minimum Gasteiger partial charge on any atom is -0.325 e. The standard InChI is InChI=1S/C16H16ClNO3S/c1-11-3-4-12(2)15(9-11)18-16(19)10-22(20,21)14-7-5-13(17)6-8-14/h3-9H,10H2,1-2H3,(H,18,19). The lowest BCUT2D eigenvalue weighted by atomic mass is 10.1. The van der Waals surface area contributed by atoms with Crippen LogP contribution in [0.2, 0.25) is 5.02 Å². The zero-order valence-corrected chi connectivity index (χ0v) is 13.8. The number of aryl methyl sites for hydroxylation is 2. The van der Waals surface area contributed by atoms with E-state index in [0.29, 0.717) is 10.7 Å². The third-order valence-corrected chi connectivity index (χ3v) is 5.05. The number of carbonyl (C=O) groups excluding carboxylic acids is 1. The smallest absolute Gasteiger partial charge is 0.239 e. The Balaban J connectivity index is 2.14. The van der Waals surface area contributed by atoms with E-state index in [1.807, 2.05) is 32.0 Å². The number of nitrogens with one attached hydrogen (secondary N) is 1. The molecule has 1 amide bonds. The molecule has 0 radical (unpaired) electrons. The Kier molecular flexibility index (Phi) is 4.88. The number of hydrogen-bond donors (Lipinski definition) is 1. The van der Waals surface area contributed by atoms with Crippen LogP contribution in [0.25, 0.3) is 0 Å². The molecule has 0 heterocycles. The lowest BCUT2D eigenvalue weighted by Crippen LogP contribution is -2.23. The average molecular weight is 338 g/mol.